The number of halogens is 3. The topological polar surface area (TPSA) is 83.7 Å². The third kappa shape index (κ3) is 3.91. The minimum Gasteiger partial charge on any atom is -0.369 e. The number of hydrogen-bond donors (Lipinski definition) is 1. The van der Waals surface area contributed by atoms with Gasteiger partial charge < -0.3 is 15.5 Å². The van der Waals surface area contributed by atoms with Gasteiger partial charge in [-0.05, 0) is 25.0 Å². The summed E-state index contributed by atoms with van der Waals surface area (Å²) in [5, 5.41) is 0. The summed E-state index contributed by atoms with van der Waals surface area (Å²) in [4.78, 5) is 39.0. The second kappa shape index (κ2) is 7.21. The van der Waals surface area contributed by atoms with E-state index in [4.69, 9.17) is 5.73 Å². The molecule has 6 nitrogen and oxygen atoms in total. The van der Waals surface area contributed by atoms with Crippen LogP contribution >= 0.6 is 0 Å². The quantitative estimate of drug-likeness (QED) is 0.861. The smallest absolute Gasteiger partial charge is 0.369 e. The highest BCUT2D eigenvalue weighted by molar-refractivity contribution is 5.96. The molecule has 0 aromatic heterocycles. The van der Waals surface area contributed by atoms with Gasteiger partial charge in [-0.15, -0.1) is 0 Å². The van der Waals surface area contributed by atoms with Crippen LogP contribution in [0.2, 0.25) is 0 Å². The first-order chi connectivity index (χ1) is 12.7. The predicted molar refractivity (Wildman–Crippen MR) is 89.4 cm³/mol. The Balaban J connectivity index is 1.66. The average Bonchev–Trinajstić information content (AvgIpc) is 3.03. The van der Waals surface area contributed by atoms with E-state index in [1.807, 2.05) is 0 Å². The summed E-state index contributed by atoms with van der Waals surface area (Å²) in [7, 11) is 0. The van der Waals surface area contributed by atoms with Gasteiger partial charge in [0.25, 0.3) is 5.91 Å². The Morgan fingerprint density at radius 1 is 1.11 bits per heavy atom. The Labute approximate surface area is 154 Å². The van der Waals surface area contributed by atoms with E-state index in [1.165, 1.54) is 23.1 Å². The first kappa shape index (κ1) is 19.2. The number of hydrogen-bond acceptors (Lipinski definition) is 3. The van der Waals surface area contributed by atoms with Gasteiger partial charge in [0.2, 0.25) is 11.8 Å². The highest BCUT2D eigenvalue weighted by Crippen LogP contribution is 2.33. The molecule has 1 aromatic carbocycles. The lowest BCUT2D eigenvalue weighted by molar-refractivity contribution is -0.138. The normalized spacial score (nSPS) is 21.6. The van der Waals surface area contributed by atoms with E-state index >= 15 is 0 Å². The highest BCUT2D eigenvalue weighted by Gasteiger charge is 2.40. The van der Waals surface area contributed by atoms with Crippen molar-refractivity contribution in [1.29, 1.82) is 0 Å². The number of likely N-dealkylation sites (tertiary alicyclic amines) is 2. The van der Waals surface area contributed by atoms with Crippen molar-refractivity contribution in [3.63, 3.8) is 0 Å². The monoisotopic (exact) mass is 383 g/mol. The van der Waals surface area contributed by atoms with Gasteiger partial charge in [0.05, 0.1) is 17.0 Å². The molecule has 2 saturated heterocycles. The summed E-state index contributed by atoms with van der Waals surface area (Å²) >= 11 is 0. The number of rotatable bonds is 3. The van der Waals surface area contributed by atoms with Crippen LogP contribution in [0.3, 0.4) is 0 Å². The molecule has 0 saturated carbocycles. The van der Waals surface area contributed by atoms with Crippen molar-refractivity contribution in [3.05, 3.63) is 35.4 Å². The molecular weight excluding hydrogens is 363 g/mol. The Kier molecular flexibility index (Phi) is 5.12. The molecule has 0 spiro atoms. The Bertz CT molecular complexity index is 758. The molecule has 0 radical (unpaired) electrons. The molecule has 9 heteroatoms. The minimum atomic E-state index is -4.60. The molecule has 2 N–H and O–H groups in total. The van der Waals surface area contributed by atoms with E-state index in [0.29, 0.717) is 12.8 Å². The molecule has 1 unspecified atom stereocenters. The van der Waals surface area contributed by atoms with Crippen LogP contribution in [-0.4, -0.2) is 53.2 Å². The number of carbonyl (C=O) groups excluding carboxylic acids is 3. The summed E-state index contributed by atoms with van der Waals surface area (Å²) in [5.74, 6) is -1.83. The van der Waals surface area contributed by atoms with Crippen LogP contribution in [0.25, 0.3) is 0 Å². The van der Waals surface area contributed by atoms with Crippen molar-refractivity contribution in [3.8, 4) is 0 Å². The minimum absolute atomic E-state index is 0.0907. The summed E-state index contributed by atoms with van der Waals surface area (Å²) in [6.07, 6.45) is -3.60. The van der Waals surface area contributed by atoms with Crippen molar-refractivity contribution >= 4 is 17.7 Å². The maximum atomic E-state index is 13.1. The molecule has 2 fully saturated rings. The zero-order valence-electron chi connectivity index (χ0n) is 14.5. The third-order valence-electron chi connectivity index (χ3n) is 5.22. The molecule has 3 amide bonds. The van der Waals surface area contributed by atoms with Crippen molar-refractivity contribution in [2.45, 2.75) is 31.5 Å². The second-order valence-electron chi connectivity index (χ2n) is 6.92. The molecule has 2 aliphatic heterocycles. The highest BCUT2D eigenvalue weighted by atomic mass is 19.4. The molecule has 146 valence electrons. The summed E-state index contributed by atoms with van der Waals surface area (Å²) < 4.78 is 39.4. The van der Waals surface area contributed by atoms with Crippen molar-refractivity contribution in [2.75, 3.05) is 19.6 Å². The van der Waals surface area contributed by atoms with Gasteiger partial charge in [0.1, 0.15) is 0 Å². The van der Waals surface area contributed by atoms with Gasteiger partial charge in [-0.1, -0.05) is 12.1 Å². The second-order valence-corrected chi connectivity index (χ2v) is 6.92. The molecule has 2 aliphatic rings. The molecule has 0 bridgehead atoms. The van der Waals surface area contributed by atoms with Crippen LogP contribution in [0.15, 0.2) is 24.3 Å². The van der Waals surface area contributed by atoms with Crippen LogP contribution in [0.1, 0.15) is 35.2 Å². The molecule has 3 rings (SSSR count). The summed E-state index contributed by atoms with van der Waals surface area (Å²) in [5.41, 5.74) is 3.95. The molecule has 1 aromatic rings. The maximum Gasteiger partial charge on any atom is 0.417 e. The largest absolute Gasteiger partial charge is 0.417 e. The number of amides is 3. The van der Waals surface area contributed by atoms with Crippen molar-refractivity contribution in [2.24, 2.45) is 11.7 Å². The van der Waals surface area contributed by atoms with Gasteiger partial charge in [0, 0.05) is 32.1 Å². The van der Waals surface area contributed by atoms with Gasteiger partial charge in [-0.3, -0.25) is 14.4 Å². The lowest BCUT2D eigenvalue weighted by atomic mass is 10.0. The van der Waals surface area contributed by atoms with Gasteiger partial charge >= 0.3 is 6.18 Å². The van der Waals surface area contributed by atoms with E-state index in [0.717, 1.165) is 6.07 Å². The number of nitrogens with zero attached hydrogens (tertiary/aromatic N) is 2. The SMILES string of the molecule is NC(=O)C1CC(=O)N(C2CCN(C(=O)c3ccccc3C(F)(F)F)CC2)C1. The fourth-order valence-electron chi connectivity index (χ4n) is 3.74. The van der Waals surface area contributed by atoms with E-state index < -0.39 is 29.5 Å². The van der Waals surface area contributed by atoms with Gasteiger partial charge in [0.15, 0.2) is 0 Å². The van der Waals surface area contributed by atoms with E-state index in [9.17, 15) is 27.6 Å². The molecule has 1 atom stereocenters. The van der Waals surface area contributed by atoms with E-state index in [-0.39, 0.29) is 43.6 Å². The third-order valence-corrected chi connectivity index (χ3v) is 5.22. The van der Waals surface area contributed by atoms with E-state index in [2.05, 4.69) is 0 Å². The number of alkyl halides is 3. The van der Waals surface area contributed by atoms with Crippen molar-refractivity contribution < 1.29 is 27.6 Å². The van der Waals surface area contributed by atoms with Crippen molar-refractivity contribution in [1.82, 2.24) is 9.80 Å². The lowest BCUT2D eigenvalue weighted by Crippen LogP contribution is -2.47. The molecular formula is C18H20F3N3O3. The van der Waals surface area contributed by atoms with Crippen LogP contribution in [0.4, 0.5) is 13.2 Å². The molecule has 0 aliphatic carbocycles. The lowest BCUT2D eigenvalue weighted by Gasteiger charge is -2.37. The number of carbonyl (C=O) groups is 3. The zero-order valence-corrected chi connectivity index (χ0v) is 14.5. The summed E-state index contributed by atoms with van der Waals surface area (Å²) in [6.45, 7) is 0.769. The fraction of sp³-hybridized carbons (Fsp3) is 0.500. The fourth-order valence-corrected chi connectivity index (χ4v) is 3.74. The predicted octanol–water partition coefficient (Wildman–Crippen LogP) is 1.64. The van der Waals surface area contributed by atoms with Gasteiger partial charge in [-0.2, -0.15) is 13.2 Å². The number of nitrogens with two attached hydrogens (primary N) is 1. The Morgan fingerprint density at radius 2 is 1.74 bits per heavy atom. The van der Waals surface area contributed by atoms with Crippen LogP contribution < -0.4 is 5.73 Å². The van der Waals surface area contributed by atoms with E-state index in [1.54, 1.807) is 4.90 Å². The zero-order chi connectivity index (χ0) is 19.8. The van der Waals surface area contributed by atoms with Crippen LogP contribution in [0.5, 0.6) is 0 Å². The summed E-state index contributed by atoms with van der Waals surface area (Å²) in [6, 6.07) is 4.59. The molecule has 27 heavy (non-hydrogen) atoms. The maximum absolute atomic E-state index is 13.1. The van der Waals surface area contributed by atoms with Gasteiger partial charge in [-0.25, -0.2) is 0 Å². The van der Waals surface area contributed by atoms with Crippen LogP contribution in [-0.2, 0) is 15.8 Å². The Morgan fingerprint density at radius 3 is 2.30 bits per heavy atom. The number of primary amides is 1. The average molecular weight is 383 g/mol. The Hall–Kier alpha value is -2.58. The number of benzene rings is 1. The standard InChI is InChI=1S/C18H20F3N3O3/c19-18(20,21)14-4-2-1-3-13(14)17(27)23-7-5-12(6-8-23)24-10-11(16(22)26)9-15(24)25/h1-4,11-12H,5-10H2,(H2,22,26). The van der Waals surface area contributed by atoms with Crippen LogP contribution in [0, 0.1) is 5.92 Å². The number of piperidine rings is 1. The molecule has 2 heterocycles. The first-order valence-corrected chi connectivity index (χ1v) is 8.72. The first-order valence-electron chi connectivity index (χ1n) is 8.72.